The van der Waals surface area contributed by atoms with Crippen molar-refractivity contribution in [3.05, 3.63) is 30.3 Å². The van der Waals surface area contributed by atoms with Crippen molar-refractivity contribution in [3.8, 4) is 0 Å². The molecule has 1 aromatic rings. The van der Waals surface area contributed by atoms with Crippen LogP contribution in [-0.4, -0.2) is 30.6 Å². The zero-order chi connectivity index (χ0) is 12.3. The zero-order valence-electron chi connectivity index (χ0n) is 10.7. The van der Waals surface area contributed by atoms with E-state index in [4.69, 9.17) is 0 Å². The maximum atomic E-state index is 12.1. The monoisotopic (exact) mass is 220 g/mol. The molecule has 3 nitrogen and oxygen atoms in total. The third-order valence-corrected chi connectivity index (χ3v) is 2.26. The number of anilines is 1. The van der Waals surface area contributed by atoms with E-state index in [0.717, 1.165) is 5.69 Å². The first kappa shape index (κ1) is 12.6. The molecular formula is C13H20N2O. The predicted molar refractivity (Wildman–Crippen MR) is 67.8 cm³/mol. The van der Waals surface area contributed by atoms with Gasteiger partial charge in [0, 0.05) is 25.3 Å². The number of hydrogen-bond donors (Lipinski definition) is 0. The van der Waals surface area contributed by atoms with Crippen molar-refractivity contribution in [2.45, 2.75) is 26.3 Å². The molecule has 0 aromatic heterocycles. The van der Waals surface area contributed by atoms with E-state index >= 15 is 0 Å². The molecule has 3 heteroatoms. The lowest BCUT2D eigenvalue weighted by molar-refractivity contribution is 0.218. The minimum Gasteiger partial charge on any atom is -0.330 e. The Morgan fingerprint density at radius 2 is 1.56 bits per heavy atom. The average Bonchev–Trinajstić information content (AvgIpc) is 2.17. The molecule has 0 aliphatic carbocycles. The van der Waals surface area contributed by atoms with Crippen LogP contribution in [0.1, 0.15) is 20.8 Å². The van der Waals surface area contributed by atoms with E-state index in [-0.39, 0.29) is 11.6 Å². The van der Waals surface area contributed by atoms with E-state index in [1.165, 1.54) is 0 Å². The number of urea groups is 1. The zero-order valence-corrected chi connectivity index (χ0v) is 10.7. The molecule has 16 heavy (non-hydrogen) atoms. The smallest absolute Gasteiger partial charge is 0.324 e. The number of benzene rings is 1. The number of carbonyl (C=O) groups is 1. The van der Waals surface area contributed by atoms with Gasteiger partial charge < -0.3 is 4.90 Å². The Bertz CT molecular complexity index is 352. The van der Waals surface area contributed by atoms with Crippen molar-refractivity contribution in [2.75, 3.05) is 19.0 Å². The lowest BCUT2D eigenvalue weighted by atomic mass is 10.1. The van der Waals surface area contributed by atoms with Crippen molar-refractivity contribution >= 4 is 11.7 Å². The van der Waals surface area contributed by atoms with Gasteiger partial charge in [-0.3, -0.25) is 4.90 Å². The Morgan fingerprint density at radius 3 is 1.94 bits per heavy atom. The third-order valence-electron chi connectivity index (χ3n) is 2.26. The van der Waals surface area contributed by atoms with Crippen LogP contribution in [0.3, 0.4) is 0 Å². The molecule has 0 fully saturated rings. The van der Waals surface area contributed by atoms with Gasteiger partial charge in [0.1, 0.15) is 0 Å². The van der Waals surface area contributed by atoms with Gasteiger partial charge in [0.25, 0.3) is 0 Å². The summed E-state index contributed by atoms with van der Waals surface area (Å²) in [7, 11) is 3.54. The second kappa shape index (κ2) is 4.56. The average molecular weight is 220 g/mol. The van der Waals surface area contributed by atoms with E-state index < -0.39 is 0 Å². The third kappa shape index (κ3) is 2.75. The van der Waals surface area contributed by atoms with Crippen LogP contribution in [-0.2, 0) is 0 Å². The van der Waals surface area contributed by atoms with Gasteiger partial charge >= 0.3 is 6.03 Å². The van der Waals surface area contributed by atoms with E-state index in [9.17, 15) is 4.79 Å². The molecular weight excluding hydrogens is 200 g/mol. The fraction of sp³-hybridized carbons (Fsp3) is 0.462. The Kier molecular flexibility index (Phi) is 3.58. The highest BCUT2D eigenvalue weighted by Crippen LogP contribution is 2.24. The summed E-state index contributed by atoms with van der Waals surface area (Å²) in [6.45, 7) is 6.09. The molecule has 1 rings (SSSR count). The van der Waals surface area contributed by atoms with Crippen LogP contribution >= 0.6 is 0 Å². The first-order chi connectivity index (χ1) is 7.34. The van der Waals surface area contributed by atoms with Crippen LogP contribution in [0.4, 0.5) is 10.5 Å². The minimum atomic E-state index is -0.233. The molecule has 0 N–H and O–H groups in total. The van der Waals surface area contributed by atoms with Crippen molar-refractivity contribution < 1.29 is 4.79 Å². The fourth-order valence-electron chi connectivity index (χ4n) is 1.56. The van der Waals surface area contributed by atoms with Crippen LogP contribution in [0, 0.1) is 0 Å². The first-order valence-corrected chi connectivity index (χ1v) is 5.40. The van der Waals surface area contributed by atoms with Crippen LogP contribution < -0.4 is 4.90 Å². The molecule has 0 bridgehead atoms. The Balaban J connectivity index is 3.13. The number of amides is 2. The standard InChI is InChI=1S/C13H20N2O/c1-13(2,3)15(12(16)14(4)5)11-9-7-6-8-10-11/h6-10H,1-5H3. The van der Waals surface area contributed by atoms with Crippen molar-refractivity contribution in [1.82, 2.24) is 4.90 Å². The Hall–Kier alpha value is -1.51. The van der Waals surface area contributed by atoms with Crippen molar-refractivity contribution in [2.24, 2.45) is 0 Å². The molecule has 88 valence electrons. The van der Waals surface area contributed by atoms with E-state index in [1.807, 2.05) is 51.1 Å². The molecule has 2 amide bonds. The molecule has 0 saturated carbocycles. The molecule has 0 spiro atoms. The number of hydrogen-bond acceptors (Lipinski definition) is 1. The van der Waals surface area contributed by atoms with Crippen molar-refractivity contribution in [1.29, 1.82) is 0 Å². The topological polar surface area (TPSA) is 23.6 Å². The quantitative estimate of drug-likeness (QED) is 0.713. The highest BCUT2D eigenvalue weighted by molar-refractivity contribution is 5.92. The summed E-state index contributed by atoms with van der Waals surface area (Å²) in [6, 6.07) is 9.73. The normalized spacial score (nSPS) is 11.1. The molecule has 0 aliphatic heterocycles. The largest absolute Gasteiger partial charge is 0.330 e. The van der Waals surface area contributed by atoms with E-state index in [2.05, 4.69) is 0 Å². The number of nitrogens with zero attached hydrogens (tertiary/aromatic N) is 2. The Labute approximate surface area is 97.7 Å². The minimum absolute atomic E-state index is 0.00120. The number of para-hydroxylation sites is 1. The van der Waals surface area contributed by atoms with E-state index in [1.54, 1.807) is 23.9 Å². The molecule has 0 aliphatic rings. The fourth-order valence-corrected chi connectivity index (χ4v) is 1.56. The summed E-state index contributed by atoms with van der Waals surface area (Å²) in [5.41, 5.74) is 0.691. The van der Waals surface area contributed by atoms with Crippen LogP contribution in [0.5, 0.6) is 0 Å². The number of rotatable bonds is 1. The second-order valence-corrected chi connectivity index (χ2v) is 5.02. The maximum Gasteiger partial charge on any atom is 0.324 e. The van der Waals surface area contributed by atoms with Crippen molar-refractivity contribution in [3.63, 3.8) is 0 Å². The Morgan fingerprint density at radius 1 is 1.06 bits per heavy atom. The second-order valence-electron chi connectivity index (χ2n) is 5.02. The number of carbonyl (C=O) groups excluding carboxylic acids is 1. The van der Waals surface area contributed by atoms with Crippen LogP contribution in [0.2, 0.25) is 0 Å². The molecule has 1 aromatic carbocycles. The molecule has 0 heterocycles. The highest BCUT2D eigenvalue weighted by Gasteiger charge is 2.28. The summed E-state index contributed by atoms with van der Waals surface area (Å²) in [4.78, 5) is 15.5. The molecule has 0 unspecified atom stereocenters. The first-order valence-electron chi connectivity index (χ1n) is 5.40. The summed E-state index contributed by atoms with van der Waals surface area (Å²) < 4.78 is 0. The summed E-state index contributed by atoms with van der Waals surface area (Å²) in [6.07, 6.45) is 0. The van der Waals surface area contributed by atoms with Crippen LogP contribution in [0.15, 0.2) is 30.3 Å². The SMILES string of the molecule is CN(C)C(=O)N(c1ccccc1)C(C)(C)C. The summed E-state index contributed by atoms with van der Waals surface area (Å²) in [5, 5.41) is 0. The van der Waals surface area contributed by atoms with Gasteiger partial charge in [-0.25, -0.2) is 4.79 Å². The van der Waals surface area contributed by atoms with Gasteiger partial charge in [0.2, 0.25) is 0 Å². The summed E-state index contributed by atoms with van der Waals surface area (Å²) >= 11 is 0. The summed E-state index contributed by atoms with van der Waals surface area (Å²) in [5.74, 6) is 0. The van der Waals surface area contributed by atoms with E-state index in [0.29, 0.717) is 0 Å². The maximum absolute atomic E-state index is 12.1. The lowest BCUT2D eigenvalue weighted by Gasteiger charge is -2.37. The molecule has 0 saturated heterocycles. The van der Waals surface area contributed by atoms with Gasteiger partial charge in [-0.05, 0) is 32.9 Å². The van der Waals surface area contributed by atoms with Gasteiger partial charge in [-0.1, -0.05) is 18.2 Å². The molecule has 0 radical (unpaired) electrons. The lowest BCUT2D eigenvalue weighted by Crippen LogP contribution is -2.50. The molecule has 0 atom stereocenters. The van der Waals surface area contributed by atoms with Crippen LogP contribution in [0.25, 0.3) is 0 Å². The predicted octanol–water partition coefficient (Wildman–Crippen LogP) is 2.97. The van der Waals surface area contributed by atoms with Gasteiger partial charge in [-0.2, -0.15) is 0 Å². The van der Waals surface area contributed by atoms with Gasteiger partial charge in [-0.15, -0.1) is 0 Å². The van der Waals surface area contributed by atoms with Gasteiger partial charge in [0.15, 0.2) is 0 Å². The van der Waals surface area contributed by atoms with Gasteiger partial charge in [0.05, 0.1) is 0 Å². The highest BCUT2D eigenvalue weighted by atomic mass is 16.2.